The molecule has 1 aromatic carbocycles. The van der Waals surface area contributed by atoms with E-state index in [0.29, 0.717) is 5.69 Å². The van der Waals surface area contributed by atoms with Gasteiger partial charge >= 0.3 is 0 Å². The maximum Gasteiger partial charge on any atom is 0.170 e. The van der Waals surface area contributed by atoms with Crippen LogP contribution in [0.25, 0.3) is 0 Å². The predicted molar refractivity (Wildman–Crippen MR) is 81.7 cm³/mol. The molecule has 3 rings (SSSR count). The number of anilines is 1. The number of nitrogens with two attached hydrogens (primary N) is 2. The van der Waals surface area contributed by atoms with E-state index in [4.69, 9.17) is 16.2 Å². The van der Waals surface area contributed by atoms with Gasteiger partial charge in [0.15, 0.2) is 9.84 Å². The van der Waals surface area contributed by atoms with Crippen molar-refractivity contribution in [1.29, 1.82) is 0 Å². The lowest BCUT2D eigenvalue weighted by Gasteiger charge is -2.41. The van der Waals surface area contributed by atoms with E-state index < -0.39 is 31.2 Å². The minimum Gasteiger partial charge on any atom is -0.399 e. The van der Waals surface area contributed by atoms with Gasteiger partial charge in [-0.15, -0.1) is 0 Å². The zero-order valence-electron chi connectivity index (χ0n) is 12.3. The molecule has 8 heteroatoms. The molecule has 0 aliphatic carbocycles. The van der Waals surface area contributed by atoms with Gasteiger partial charge in [-0.1, -0.05) is 0 Å². The Labute approximate surface area is 128 Å². The van der Waals surface area contributed by atoms with Crippen molar-refractivity contribution in [3.8, 4) is 0 Å². The van der Waals surface area contributed by atoms with Crippen LogP contribution in [0, 0.1) is 5.82 Å². The molecule has 0 aromatic heterocycles. The average molecular weight is 327 g/mol. The monoisotopic (exact) mass is 327 g/mol. The van der Waals surface area contributed by atoms with E-state index in [-0.39, 0.29) is 24.6 Å². The minimum absolute atomic E-state index is 0.0449. The van der Waals surface area contributed by atoms with Crippen LogP contribution in [0.3, 0.4) is 0 Å². The van der Waals surface area contributed by atoms with Crippen molar-refractivity contribution in [2.45, 2.75) is 29.4 Å². The van der Waals surface area contributed by atoms with Gasteiger partial charge in [0.05, 0.1) is 13.2 Å². The summed E-state index contributed by atoms with van der Waals surface area (Å²) in [5.74, 6) is -0.618. The highest BCUT2D eigenvalue weighted by atomic mass is 32.2. The van der Waals surface area contributed by atoms with Crippen molar-refractivity contribution in [2.75, 3.05) is 18.9 Å². The predicted octanol–water partition coefficient (Wildman–Crippen LogP) is 0.566. The highest BCUT2D eigenvalue weighted by Gasteiger charge is 2.61. The number of hydrogen-bond acceptors (Lipinski definition) is 6. The van der Waals surface area contributed by atoms with Crippen molar-refractivity contribution >= 4 is 21.4 Å². The summed E-state index contributed by atoms with van der Waals surface area (Å²) < 4.78 is 44.2. The summed E-state index contributed by atoms with van der Waals surface area (Å²) in [5.41, 5.74) is 10.7. The van der Waals surface area contributed by atoms with Crippen molar-refractivity contribution in [1.82, 2.24) is 0 Å². The van der Waals surface area contributed by atoms with Gasteiger partial charge in [-0.05, 0) is 32.0 Å². The maximum atomic E-state index is 14.3. The number of ether oxygens (including phenoxy) is 1. The molecule has 0 spiro atoms. The highest BCUT2D eigenvalue weighted by Crippen LogP contribution is 2.46. The number of halogens is 1. The van der Waals surface area contributed by atoms with Crippen LogP contribution in [0.2, 0.25) is 0 Å². The average Bonchev–Trinajstić information content (AvgIpc) is 2.85. The molecule has 1 aromatic rings. The SMILES string of the molecule is CC1(C)C(N)=NC2(c3cc(N)ccc3F)COCC2S1(=O)=O. The molecule has 4 N–H and O–H groups in total. The molecule has 2 aliphatic rings. The van der Waals surface area contributed by atoms with Gasteiger partial charge in [0, 0.05) is 11.3 Å². The largest absolute Gasteiger partial charge is 0.399 e. The molecular formula is C14H18FN3O3S. The summed E-state index contributed by atoms with van der Waals surface area (Å²) in [5, 5.41) is -0.987. The summed E-state index contributed by atoms with van der Waals surface area (Å²) in [4.78, 5) is 4.39. The standard InChI is InChI=1S/C14H18FN3O3S/c1-13(2)12(17)18-14(7-21-6-11(14)22(13,19)20)9-5-8(16)3-4-10(9)15/h3-5,11H,6-7,16H2,1-2H3,(H2,17,18). The molecule has 0 bridgehead atoms. The van der Waals surface area contributed by atoms with E-state index in [2.05, 4.69) is 4.99 Å². The molecule has 0 amide bonds. The van der Waals surface area contributed by atoms with E-state index in [1.807, 2.05) is 0 Å². The van der Waals surface area contributed by atoms with Crippen LogP contribution in [-0.4, -0.2) is 37.5 Å². The van der Waals surface area contributed by atoms with E-state index in [1.54, 1.807) is 0 Å². The molecule has 2 heterocycles. The van der Waals surface area contributed by atoms with Crippen molar-refractivity contribution in [2.24, 2.45) is 10.7 Å². The van der Waals surface area contributed by atoms with Gasteiger partial charge < -0.3 is 16.2 Å². The molecule has 22 heavy (non-hydrogen) atoms. The lowest BCUT2D eigenvalue weighted by Crippen LogP contribution is -2.60. The molecule has 6 nitrogen and oxygen atoms in total. The van der Waals surface area contributed by atoms with Gasteiger partial charge in [-0.25, -0.2) is 12.8 Å². The first-order valence-electron chi connectivity index (χ1n) is 6.85. The molecule has 1 fully saturated rings. The molecule has 0 radical (unpaired) electrons. The minimum atomic E-state index is -3.71. The summed E-state index contributed by atoms with van der Waals surface area (Å²) in [6.45, 7) is 2.91. The summed E-state index contributed by atoms with van der Waals surface area (Å²) in [6, 6.07) is 4.02. The quantitative estimate of drug-likeness (QED) is 0.733. The third kappa shape index (κ3) is 1.73. The van der Waals surface area contributed by atoms with Gasteiger partial charge in [0.2, 0.25) is 0 Å². The van der Waals surface area contributed by atoms with E-state index in [0.717, 1.165) is 0 Å². The first-order valence-corrected chi connectivity index (χ1v) is 8.40. The van der Waals surface area contributed by atoms with Crippen LogP contribution >= 0.6 is 0 Å². The second-order valence-electron chi connectivity index (χ2n) is 6.22. The Morgan fingerprint density at radius 1 is 1.36 bits per heavy atom. The summed E-state index contributed by atoms with van der Waals surface area (Å²) in [6.07, 6.45) is 0. The van der Waals surface area contributed by atoms with Crippen LogP contribution in [0.4, 0.5) is 10.1 Å². The van der Waals surface area contributed by atoms with Gasteiger partial charge in [-0.3, -0.25) is 4.99 Å². The summed E-state index contributed by atoms with van der Waals surface area (Å²) >= 11 is 0. The van der Waals surface area contributed by atoms with E-state index in [9.17, 15) is 12.8 Å². The van der Waals surface area contributed by atoms with E-state index >= 15 is 0 Å². The number of nitrogen functional groups attached to an aromatic ring is 1. The maximum absolute atomic E-state index is 14.3. The van der Waals surface area contributed by atoms with Gasteiger partial charge in [0.1, 0.15) is 27.2 Å². The topological polar surface area (TPSA) is 108 Å². The number of aliphatic imine (C=N–C) groups is 1. The Hall–Kier alpha value is -1.67. The Balaban J connectivity index is 2.33. The van der Waals surface area contributed by atoms with Crippen LogP contribution in [0.5, 0.6) is 0 Å². The lowest BCUT2D eigenvalue weighted by atomic mass is 9.87. The normalized spacial score (nSPS) is 32.3. The van der Waals surface area contributed by atoms with Crippen molar-refractivity contribution in [3.05, 3.63) is 29.6 Å². The molecule has 2 aliphatic heterocycles. The third-order valence-corrected chi connectivity index (χ3v) is 7.51. The Morgan fingerprint density at radius 3 is 2.73 bits per heavy atom. The van der Waals surface area contributed by atoms with Gasteiger partial charge in [-0.2, -0.15) is 0 Å². The number of rotatable bonds is 1. The number of nitrogens with zero attached hydrogens (tertiary/aromatic N) is 1. The third-order valence-electron chi connectivity index (χ3n) is 4.60. The molecule has 1 saturated heterocycles. The van der Waals surface area contributed by atoms with Crippen LogP contribution in [0.15, 0.2) is 23.2 Å². The number of fused-ring (bicyclic) bond motifs is 1. The Morgan fingerprint density at radius 2 is 2.05 bits per heavy atom. The van der Waals surface area contributed by atoms with Crippen LogP contribution < -0.4 is 11.5 Å². The fraction of sp³-hybridized carbons (Fsp3) is 0.500. The molecule has 120 valence electrons. The molecule has 2 unspecified atom stereocenters. The van der Waals surface area contributed by atoms with Crippen LogP contribution in [-0.2, 0) is 20.1 Å². The molecular weight excluding hydrogens is 309 g/mol. The molecule has 0 saturated carbocycles. The Bertz CT molecular complexity index is 776. The fourth-order valence-corrected chi connectivity index (χ4v) is 5.12. The van der Waals surface area contributed by atoms with Crippen LogP contribution in [0.1, 0.15) is 19.4 Å². The van der Waals surface area contributed by atoms with Gasteiger partial charge in [0.25, 0.3) is 0 Å². The smallest absolute Gasteiger partial charge is 0.170 e. The van der Waals surface area contributed by atoms with E-state index in [1.165, 1.54) is 32.0 Å². The Kier molecular flexibility index (Phi) is 3.06. The molecule has 2 atom stereocenters. The number of hydrogen-bond donors (Lipinski definition) is 2. The van der Waals surface area contributed by atoms with Crippen molar-refractivity contribution in [3.63, 3.8) is 0 Å². The first-order chi connectivity index (χ1) is 10.1. The zero-order chi connectivity index (χ0) is 16.3. The second-order valence-corrected chi connectivity index (χ2v) is 8.90. The number of sulfone groups is 1. The number of benzene rings is 1. The number of amidine groups is 1. The van der Waals surface area contributed by atoms with Crippen molar-refractivity contribution < 1.29 is 17.5 Å². The highest BCUT2D eigenvalue weighted by molar-refractivity contribution is 7.94. The summed E-state index contributed by atoms with van der Waals surface area (Å²) in [7, 11) is -3.71. The zero-order valence-corrected chi connectivity index (χ0v) is 13.2. The first kappa shape index (κ1) is 15.2. The fourth-order valence-electron chi connectivity index (χ4n) is 3.04. The second kappa shape index (κ2) is 4.42. The lowest BCUT2D eigenvalue weighted by molar-refractivity contribution is 0.178.